The first-order valence-electron chi connectivity index (χ1n) is 7.78. The number of piperazine rings is 1. The summed E-state index contributed by atoms with van der Waals surface area (Å²) in [5.74, 6) is 0. The summed E-state index contributed by atoms with van der Waals surface area (Å²) in [4.78, 5) is 16.6. The molecule has 0 atom stereocenters. The van der Waals surface area contributed by atoms with E-state index in [1.165, 1.54) is 5.56 Å². The van der Waals surface area contributed by atoms with Crippen LogP contribution in [0.3, 0.4) is 0 Å². The number of benzene rings is 2. The molecular weight excluding hydrogens is 354 g/mol. The van der Waals surface area contributed by atoms with Gasteiger partial charge in [-0.2, -0.15) is 0 Å². The van der Waals surface area contributed by atoms with Crippen LogP contribution in [-0.4, -0.2) is 42.0 Å². The van der Waals surface area contributed by atoms with Crippen molar-refractivity contribution in [2.24, 2.45) is 0 Å². The first-order chi connectivity index (χ1) is 11.2. The molecule has 0 bridgehead atoms. The molecule has 3 rings (SSSR count). The number of rotatable bonds is 3. The van der Waals surface area contributed by atoms with Crippen molar-refractivity contribution in [1.82, 2.24) is 9.80 Å². The van der Waals surface area contributed by atoms with Crippen molar-refractivity contribution in [2.45, 2.75) is 6.54 Å². The Hall–Kier alpha value is -1.85. The van der Waals surface area contributed by atoms with Gasteiger partial charge in [0.15, 0.2) is 0 Å². The van der Waals surface area contributed by atoms with Crippen molar-refractivity contribution >= 4 is 27.6 Å². The summed E-state index contributed by atoms with van der Waals surface area (Å²) in [5.41, 5.74) is 2.13. The first-order valence-corrected chi connectivity index (χ1v) is 8.58. The van der Waals surface area contributed by atoms with Gasteiger partial charge < -0.3 is 10.2 Å². The van der Waals surface area contributed by atoms with Crippen LogP contribution in [0.4, 0.5) is 10.5 Å². The van der Waals surface area contributed by atoms with Gasteiger partial charge in [-0.15, -0.1) is 0 Å². The van der Waals surface area contributed by atoms with Gasteiger partial charge in [0.2, 0.25) is 0 Å². The second kappa shape index (κ2) is 7.62. The lowest BCUT2D eigenvalue weighted by atomic mass is 10.2. The van der Waals surface area contributed by atoms with E-state index < -0.39 is 0 Å². The summed E-state index contributed by atoms with van der Waals surface area (Å²) in [7, 11) is 0. The molecule has 2 amide bonds. The molecule has 1 aliphatic heterocycles. The van der Waals surface area contributed by atoms with E-state index in [1.807, 2.05) is 35.2 Å². The molecule has 5 heteroatoms. The topological polar surface area (TPSA) is 35.6 Å². The van der Waals surface area contributed by atoms with Crippen LogP contribution in [-0.2, 0) is 6.54 Å². The van der Waals surface area contributed by atoms with Gasteiger partial charge in [-0.05, 0) is 23.8 Å². The molecule has 1 aliphatic rings. The Balaban J connectivity index is 1.49. The van der Waals surface area contributed by atoms with E-state index in [4.69, 9.17) is 0 Å². The molecule has 1 saturated heterocycles. The van der Waals surface area contributed by atoms with E-state index in [9.17, 15) is 4.79 Å². The van der Waals surface area contributed by atoms with Crippen LogP contribution in [0.5, 0.6) is 0 Å². The average molecular weight is 374 g/mol. The van der Waals surface area contributed by atoms with E-state index in [0.29, 0.717) is 0 Å². The average Bonchev–Trinajstić information content (AvgIpc) is 2.56. The van der Waals surface area contributed by atoms with Crippen molar-refractivity contribution in [3.05, 3.63) is 64.6 Å². The normalized spacial score (nSPS) is 15.4. The molecule has 0 aromatic heterocycles. The smallest absolute Gasteiger partial charge is 0.321 e. The highest BCUT2D eigenvalue weighted by atomic mass is 79.9. The minimum absolute atomic E-state index is 0.0255. The maximum absolute atomic E-state index is 12.3. The van der Waals surface area contributed by atoms with Gasteiger partial charge in [-0.3, -0.25) is 4.90 Å². The number of nitrogens with one attached hydrogen (secondary N) is 1. The number of halogens is 1. The van der Waals surface area contributed by atoms with Crippen LogP contribution in [0.25, 0.3) is 0 Å². The fraction of sp³-hybridized carbons (Fsp3) is 0.278. The summed E-state index contributed by atoms with van der Waals surface area (Å²) >= 11 is 3.42. The molecule has 1 N–H and O–H groups in total. The highest BCUT2D eigenvalue weighted by molar-refractivity contribution is 9.10. The number of hydrogen-bond acceptors (Lipinski definition) is 2. The molecule has 0 aliphatic carbocycles. The van der Waals surface area contributed by atoms with E-state index in [-0.39, 0.29) is 6.03 Å². The second-order valence-electron chi connectivity index (χ2n) is 5.69. The lowest BCUT2D eigenvalue weighted by Gasteiger charge is -2.34. The zero-order valence-corrected chi connectivity index (χ0v) is 14.5. The molecule has 2 aromatic rings. The molecule has 0 saturated carbocycles. The van der Waals surface area contributed by atoms with Crippen LogP contribution in [0, 0.1) is 0 Å². The molecular formula is C18H20BrN3O. The Labute approximate surface area is 145 Å². The van der Waals surface area contributed by atoms with Crippen molar-refractivity contribution in [2.75, 3.05) is 31.5 Å². The van der Waals surface area contributed by atoms with Gasteiger partial charge in [0.1, 0.15) is 0 Å². The maximum atomic E-state index is 12.3. The number of urea groups is 1. The predicted octanol–water partition coefficient (Wildman–Crippen LogP) is 3.80. The monoisotopic (exact) mass is 373 g/mol. The summed E-state index contributed by atoms with van der Waals surface area (Å²) in [5, 5.41) is 2.96. The summed E-state index contributed by atoms with van der Waals surface area (Å²) in [6, 6.07) is 18.1. The van der Waals surface area contributed by atoms with Crippen LogP contribution in [0.15, 0.2) is 59.1 Å². The Bertz CT molecular complexity index is 654. The van der Waals surface area contributed by atoms with Crippen molar-refractivity contribution in [3.8, 4) is 0 Å². The SMILES string of the molecule is O=C(Nc1cccc(Br)c1)N1CCN(Cc2ccccc2)CC1. The number of carbonyl (C=O) groups is 1. The van der Waals surface area contributed by atoms with Crippen LogP contribution < -0.4 is 5.32 Å². The Morgan fingerprint density at radius 1 is 1.00 bits per heavy atom. The third-order valence-corrected chi connectivity index (χ3v) is 4.48. The molecule has 2 aromatic carbocycles. The zero-order valence-electron chi connectivity index (χ0n) is 12.9. The number of nitrogens with zero attached hydrogens (tertiary/aromatic N) is 2. The number of amides is 2. The van der Waals surface area contributed by atoms with Crippen molar-refractivity contribution in [3.63, 3.8) is 0 Å². The van der Waals surface area contributed by atoms with Crippen LogP contribution >= 0.6 is 15.9 Å². The largest absolute Gasteiger partial charge is 0.322 e. The van der Waals surface area contributed by atoms with Gasteiger partial charge in [0.25, 0.3) is 0 Å². The predicted molar refractivity (Wildman–Crippen MR) is 96.5 cm³/mol. The third kappa shape index (κ3) is 4.56. The number of hydrogen-bond donors (Lipinski definition) is 1. The molecule has 0 spiro atoms. The van der Waals surface area contributed by atoms with Gasteiger partial charge in [-0.1, -0.05) is 52.3 Å². The number of carbonyl (C=O) groups excluding carboxylic acids is 1. The highest BCUT2D eigenvalue weighted by Gasteiger charge is 2.21. The van der Waals surface area contributed by atoms with E-state index >= 15 is 0 Å². The summed E-state index contributed by atoms with van der Waals surface area (Å²) in [6.45, 7) is 4.27. The van der Waals surface area contributed by atoms with Gasteiger partial charge >= 0.3 is 6.03 Å². The summed E-state index contributed by atoms with van der Waals surface area (Å²) < 4.78 is 0.961. The van der Waals surface area contributed by atoms with Crippen LogP contribution in [0.1, 0.15) is 5.56 Å². The van der Waals surface area contributed by atoms with Crippen molar-refractivity contribution < 1.29 is 4.79 Å². The standard InChI is InChI=1S/C18H20BrN3O/c19-16-7-4-8-17(13-16)20-18(23)22-11-9-21(10-12-22)14-15-5-2-1-3-6-15/h1-8,13H,9-12,14H2,(H,20,23). The number of anilines is 1. The zero-order chi connectivity index (χ0) is 16.1. The molecule has 0 unspecified atom stereocenters. The molecule has 0 radical (unpaired) electrons. The minimum atomic E-state index is -0.0255. The molecule has 23 heavy (non-hydrogen) atoms. The Morgan fingerprint density at radius 2 is 1.74 bits per heavy atom. The molecule has 1 heterocycles. The van der Waals surface area contributed by atoms with E-state index in [0.717, 1.165) is 42.9 Å². The van der Waals surface area contributed by atoms with Crippen LogP contribution in [0.2, 0.25) is 0 Å². The Morgan fingerprint density at radius 3 is 2.43 bits per heavy atom. The maximum Gasteiger partial charge on any atom is 0.321 e. The highest BCUT2D eigenvalue weighted by Crippen LogP contribution is 2.16. The second-order valence-corrected chi connectivity index (χ2v) is 6.60. The van der Waals surface area contributed by atoms with Gasteiger partial charge in [0.05, 0.1) is 0 Å². The fourth-order valence-corrected chi connectivity index (χ4v) is 3.12. The van der Waals surface area contributed by atoms with Gasteiger partial charge in [-0.25, -0.2) is 4.79 Å². The van der Waals surface area contributed by atoms with Crippen molar-refractivity contribution in [1.29, 1.82) is 0 Å². The van der Waals surface area contributed by atoms with Gasteiger partial charge in [0, 0.05) is 42.9 Å². The quantitative estimate of drug-likeness (QED) is 0.887. The summed E-state index contributed by atoms with van der Waals surface area (Å²) in [6.07, 6.45) is 0. The fourth-order valence-electron chi connectivity index (χ4n) is 2.72. The lowest BCUT2D eigenvalue weighted by molar-refractivity contribution is 0.143. The first kappa shape index (κ1) is 16.0. The minimum Gasteiger partial charge on any atom is -0.322 e. The Kier molecular flexibility index (Phi) is 5.31. The van der Waals surface area contributed by atoms with E-state index in [2.05, 4.69) is 50.4 Å². The third-order valence-electron chi connectivity index (χ3n) is 3.98. The lowest BCUT2D eigenvalue weighted by Crippen LogP contribution is -2.49. The van der Waals surface area contributed by atoms with E-state index in [1.54, 1.807) is 0 Å². The molecule has 120 valence electrons. The molecule has 4 nitrogen and oxygen atoms in total. The molecule has 1 fully saturated rings.